The average Bonchev–Trinajstić information content (AvgIpc) is 2.65. The van der Waals surface area contributed by atoms with E-state index in [9.17, 15) is 4.79 Å². The van der Waals surface area contributed by atoms with Crippen molar-refractivity contribution in [3.05, 3.63) is 48.0 Å². The molecular weight excluding hydrogens is 322 g/mol. The quantitative estimate of drug-likeness (QED) is 0.706. The molecule has 0 aliphatic carbocycles. The van der Waals surface area contributed by atoms with Crippen molar-refractivity contribution in [3.63, 3.8) is 0 Å². The van der Waals surface area contributed by atoms with Gasteiger partial charge in [0, 0.05) is 23.9 Å². The summed E-state index contributed by atoms with van der Waals surface area (Å²) in [5.74, 6) is 1.64. The number of carbonyl (C=O) groups excluding carboxylic acids is 1. The fourth-order valence-electron chi connectivity index (χ4n) is 2.18. The van der Waals surface area contributed by atoms with Gasteiger partial charge in [-0.15, -0.1) is 0 Å². The van der Waals surface area contributed by atoms with E-state index < -0.39 is 0 Å². The number of methoxy groups -OCH3 is 2. The molecule has 6 nitrogen and oxygen atoms in total. The maximum absolute atomic E-state index is 12.3. The summed E-state index contributed by atoms with van der Waals surface area (Å²) in [6.45, 7) is 3.62. The monoisotopic (exact) mass is 345 g/mol. The van der Waals surface area contributed by atoms with Crippen LogP contribution in [0.15, 0.2) is 42.5 Å². The summed E-state index contributed by atoms with van der Waals surface area (Å²) < 4.78 is 21.2. The van der Waals surface area contributed by atoms with Crippen LogP contribution in [-0.2, 0) is 4.74 Å². The minimum absolute atomic E-state index is 0.215. The molecule has 0 aliphatic heterocycles. The number of anilines is 1. The van der Waals surface area contributed by atoms with Crippen molar-refractivity contribution in [3.8, 4) is 17.2 Å². The van der Waals surface area contributed by atoms with Crippen molar-refractivity contribution in [1.82, 2.24) is 0 Å². The Morgan fingerprint density at radius 1 is 0.960 bits per heavy atom. The highest BCUT2D eigenvalue weighted by Gasteiger charge is 2.09. The van der Waals surface area contributed by atoms with Crippen molar-refractivity contribution in [1.29, 1.82) is 0 Å². The molecular formula is C19H23NO5. The van der Waals surface area contributed by atoms with Crippen LogP contribution in [-0.4, -0.2) is 39.9 Å². The van der Waals surface area contributed by atoms with Gasteiger partial charge in [-0.2, -0.15) is 0 Å². The molecule has 1 amide bonds. The molecule has 1 N–H and O–H groups in total. The van der Waals surface area contributed by atoms with Crippen LogP contribution in [0.5, 0.6) is 17.2 Å². The number of ether oxygens (including phenoxy) is 4. The topological polar surface area (TPSA) is 66.0 Å². The summed E-state index contributed by atoms with van der Waals surface area (Å²) in [7, 11) is 3.11. The minimum Gasteiger partial charge on any atom is -0.493 e. The van der Waals surface area contributed by atoms with Crippen LogP contribution in [0.1, 0.15) is 17.3 Å². The first kappa shape index (κ1) is 18.6. The van der Waals surface area contributed by atoms with Gasteiger partial charge in [-0.1, -0.05) is 0 Å². The van der Waals surface area contributed by atoms with Gasteiger partial charge in [-0.25, -0.2) is 0 Å². The van der Waals surface area contributed by atoms with Gasteiger partial charge < -0.3 is 24.3 Å². The number of nitrogens with one attached hydrogen (secondary N) is 1. The van der Waals surface area contributed by atoms with Crippen LogP contribution < -0.4 is 19.5 Å². The summed E-state index contributed by atoms with van der Waals surface area (Å²) >= 11 is 0. The second-order valence-electron chi connectivity index (χ2n) is 5.09. The predicted octanol–water partition coefficient (Wildman–Crippen LogP) is 3.37. The lowest BCUT2D eigenvalue weighted by molar-refractivity contribution is 0.102. The molecule has 0 saturated heterocycles. The number of hydrogen-bond acceptors (Lipinski definition) is 5. The summed E-state index contributed by atoms with van der Waals surface area (Å²) in [5.41, 5.74) is 1.16. The third kappa shape index (κ3) is 5.39. The van der Waals surface area contributed by atoms with Crippen molar-refractivity contribution in [2.24, 2.45) is 0 Å². The molecule has 25 heavy (non-hydrogen) atoms. The molecule has 2 rings (SSSR count). The van der Waals surface area contributed by atoms with Crippen LogP contribution in [0, 0.1) is 0 Å². The van der Waals surface area contributed by atoms with E-state index in [1.54, 1.807) is 56.7 Å². The zero-order chi connectivity index (χ0) is 18.1. The Morgan fingerprint density at radius 3 is 2.32 bits per heavy atom. The molecule has 2 aromatic rings. The summed E-state index contributed by atoms with van der Waals surface area (Å²) in [6, 6.07) is 12.2. The first-order valence-corrected chi connectivity index (χ1v) is 8.02. The van der Waals surface area contributed by atoms with Gasteiger partial charge in [0.1, 0.15) is 12.4 Å². The van der Waals surface area contributed by atoms with Crippen molar-refractivity contribution in [2.75, 3.05) is 39.4 Å². The van der Waals surface area contributed by atoms with Crippen LogP contribution in [0.2, 0.25) is 0 Å². The molecule has 0 spiro atoms. The third-order valence-electron chi connectivity index (χ3n) is 3.46. The molecule has 0 atom stereocenters. The highest BCUT2D eigenvalue weighted by molar-refractivity contribution is 6.04. The number of rotatable bonds is 9. The number of benzene rings is 2. The molecule has 0 bridgehead atoms. The van der Waals surface area contributed by atoms with Gasteiger partial charge in [0.25, 0.3) is 5.91 Å². The standard InChI is InChI=1S/C19H23NO5/c1-4-24-11-12-25-16-8-5-14(6-9-16)19(21)20-15-7-10-17(22-2)18(13-15)23-3/h5-10,13H,4,11-12H2,1-3H3,(H,20,21). The molecule has 6 heteroatoms. The van der Waals surface area contributed by atoms with Gasteiger partial charge in [0.05, 0.1) is 20.8 Å². The number of hydrogen-bond donors (Lipinski definition) is 1. The first-order chi connectivity index (χ1) is 12.2. The molecule has 0 unspecified atom stereocenters. The predicted molar refractivity (Wildman–Crippen MR) is 95.9 cm³/mol. The van der Waals surface area contributed by atoms with E-state index in [0.717, 1.165) is 0 Å². The first-order valence-electron chi connectivity index (χ1n) is 8.02. The summed E-state index contributed by atoms with van der Waals surface area (Å²) in [6.07, 6.45) is 0. The van der Waals surface area contributed by atoms with Gasteiger partial charge in [-0.05, 0) is 43.3 Å². The maximum atomic E-state index is 12.3. The largest absolute Gasteiger partial charge is 0.493 e. The Morgan fingerprint density at radius 2 is 1.68 bits per heavy atom. The van der Waals surface area contributed by atoms with E-state index >= 15 is 0 Å². The van der Waals surface area contributed by atoms with E-state index in [-0.39, 0.29) is 5.91 Å². The Hall–Kier alpha value is -2.73. The van der Waals surface area contributed by atoms with E-state index in [1.807, 2.05) is 6.92 Å². The molecule has 134 valence electrons. The Balaban J connectivity index is 1.96. The molecule has 0 heterocycles. The molecule has 0 aliphatic rings. The van der Waals surface area contributed by atoms with Gasteiger partial charge >= 0.3 is 0 Å². The average molecular weight is 345 g/mol. The van der Waals surface area contributed by atoms with Crippen molar-refractivity contribution < 1.29 is 23.7 Å². The van der Waals surface area contributed by atoms with Gasteiger partial charge in [0.15, 0.2) is 11.5 Å². The summed E-state index contributed by atoms with van der Waals surface area (Å²) in [4.78, 5) is 12.3. The third-order valence-corrected chi connectivity index (χ3v) is 3.46. The maximum Gasteiger partial charge on any atom is 0.255 e. The lowest BCUT2D eigenvalue weighted by Crippen LogP contribution is -2.12. The number of carbonyl (C=O) groups is 1. The fourth-order valence-corrected chi connectivity index (χ4v) is 2.18. The zero-order valence-corrected chi connectivity index (χ0v) is 14.7. The Labute approximate surface area is 147 Å². The highest BCUT2D eigenvalue weighted by atomic mass is 16.5. The molecule has 0 radical (unpaired) electrons. The number of amides is 1. The van der Waals surface area contributed by atoms with E-state index in [0.29, 0.717) is 48.3 Å². The zero-order valence-electron chi connectivity index (χ0n) is 14.7. The summed E-state index contributed by atoms with van der Waals surface area (Å²) in [5, 5.41) is 2.83. The van der Waals surface area contributed by atoms with Crippen LogP contribution in [0.25, 0.3) is 0 Å². The smallest absolute Gasteiger partial charge is 0.255 e. The second-order valence-corrected chi connectivity index (χ2v) is 5.09. The van der Waals surface area contributed by atoms with Crippen LogP contribution in [0.4, 0.5) is 5.69 Å². The molecule has 2 aromatic carbocycles. The van der Waals surface area contributed by atoms with Crippen LogP contribution in [0.3, 0.4) is 0 Å². The van der Waals surface area contributed by atoms with E-state index in [1.165, 1.54) is 0 Å². The fraction of sp³-hybridized carbons (Fsp3) is 0.316. The van der Waals surface area contributed by atoms with Gasteiger partial charge in [-0.3, -0.25) is 4.79 Å². The SMILES string of the molecule is CCOCCOc1ccc(C(=O)Nc2ccc(OC)c(OC)c2)cc1. The molecule has 0 aromatic heterocycles. The lowest BCUT2D eigenvalue weighted by atomic mass is 10.2. The van der Waals surface area contributed by atoms with Crippen molar-refractivity contribution in [2.45, 2.75) is 6.92 Å². The Kier molecular flexibility index (Phi) is 7.10. The van der Waals surface area contributed by atoms with Gasteiger partial charge in [0.2, 0.25) is 0 Å². The highest BCUT2D eigenvalue weighted by Crippen LogP contribution is 2.29. The molecule has 0 fully saturated rings. The second kappa shape index (κ2) is 9.54. The van der Waals surface area contributed by atoms with E-state index in [2.05, 4.69) is 5.32 Å². The lowest BCUT2D eigenvalue weighted by Gasteiger charge is -2.11. The van der Waals surface area contributed by atoms with Crippen LogP contribution >= 0.6 is 0 Å². The normalized spacial score (nSPS) is 10.2. The Bertz CT molecular complexity index is 685. The van der Waals surface area contributed by atoms with E-state index in [4.69, 9.17) is 18.9 Å². The molecule has 0 saturated carbocycles. The van der Waals surface area contributed by atoms with Crippen molar-refractivity contribution >= 4 is 11.6 Å². The minimum atomic E-state index is -0.215.